The van der Waals surface area contributed by atoms with Gasteiger partial charge in [-0.15, -0.1) is 0 Å². The first-order valence-corrected chi connectivity index (χ1v) is 17.5. The quantitative estimate of drug-likeness (QED) is 0.172. The number of anilines is 1. The fourth-order valence-electron chi connectivity index (χ4n) is 5.85. The van der Waals surface area contributed by atoms with Crippen molar-refractivity contribution in [3.05, 3.63) is 130 Å². The summed E-state index contributed by atoms with van der Waals surface area (Å²) in [5.41, 5.74) is 2.76. The number of halogens is 2. The number of rotatable bonds is 12. The Balaban J connectivity index is 1.59. The monoisotopic (exact) mass is 677 g/mol. The highest BCUT2D eigenvalue weighted by molar-refractivity contribution is 7.92. The molecule has 0 aliphatic heterocycles. The smallest absolute Gasteiger partial charge is 0.264 e. The number of amides is 2. The van der Waals surface area contributed by atoms with Crippen molar-refractivity contribution < 1.29 is 18.0 Å². The SMILES string of the molecule is Cc1cccc(CN(C(=O)CN(c2cccc(Cl)c2Cl)S(=O)(=O)c2ccccc2)C(Cc2ccccc2)C(=O)NC2CCCC2)c1. The van der Waals surface area contributed by atoms with Crippen molar-refractivity contribution >= 4 is 50.7 Å². The summed E-state index contributed by atoms with van der Waals surface area (Å²) in [5.74, 6) is -0.824. The molecule has 0 bridgehead atoms. The molecule has 4 aromatic carbocycles. The van der Waals surface area contributed by atoms with Gasteiger partial charge >= 0.3 is 0 Å². The molecule has 0 radical (unpaired) electrons. The third-order valence-electron chi connectivity index (χ3n) is 8.22. The maximum absolute atomic E-state index is 14.6. The fourth-order valence-corrected chi connectivity index (χ4v) is 7.74. The van der Waals surface area contributed by atoms with Crippen LogP contribution in [0, 0.1) is 6.92 Å². The third-order valence-corrected chi connectivity index (χ3v) is 10.8. The topological polar surface area (TPSA) is 86.8 Å². The number of aryl methyl sites for hydroxylation is 1. The molecule has 0 saturated heterocycles. The molecule has 4 aromatic rings. The van der Waals surface area contributed by atoms with E-state index in [0.29, 0.717) is 0 Å². The molecule has 1 saturated carbocycles. The van der Waals surface area contributed by atoms with Crippen molar-refractivity contribution in [3.63, 3.8) is 0 Å². The lowest BCUT2D eigenvalue weighted by Crippen LogP contribution is -2.54. The van der Waals surface area contributed by atoms with Gasteiger partial charge in [-0.3, -0.25) is 13.9 Å². The number of hydrogen-bond donors (Lipinski definition) is 1. The van der Waals surface area contributed by atoms with Gasteiger partial charge in [0.05, 0.1) is 20.6 Å². The summed E-state index contributed by atoms with van der Waals surface area (Å²) in [6.07, 6.45) is 4.08. The first kappa shape index (κ1) is 33.5. The summed E-state index contributed by atoms with van der Waals surface area (Å²) >= 11 is 12.9. The molecule has 10 heteroatoms. The lowest BCUT2D eigenvalue weighted by Gasteiger charge is -2.34. The van der Waals surface area contributed by atoms with Gasteiger partial charge in [0.2, 0.25) is 11.8 Å². The summed E-state index contributed by atoms with van der Waals surface area (Å²) in [5, 5.41) is 3.34. The molecule has 1 N–H and O–H groups in total. The molecule has 7 nitrogen and oxygen atoms in total. The second-order valence-corrected chi connectivity index (χ2v) is 14.3. The molecule has 240 valence electrons. The van der Waals surface area contributed by atoms with E-state index >= 15 is 0 Å². The Morgan fingerprint density at radius 1 is 0.848 bits per heavy atom. The summed E-state index contributed by atoms with van der Waals surface area (Å²) < 4.78 is 29.3. The molecule has 1 fully saturated rings. The molecule has 0 aromatic heterocycles. The average Bonchev–Trinajstić information content (AvgIpc) is 3.57. The zero-order valence-electron chi connectivity index (χ0n) is 25.6. The average molecular weight is 679 g/mol. The van der Waals surface area contributed by atoms with Gasteiger partial charge in [0, 0.05) is 19.0 Å². The van der Waals surface area contributed by atoms with Crippen LogP contribution in [0.1, 0.15) is 42.4 Å². The van der Waals surface area contributed by atoms with Crippen molar-refractivity contribution in [2.45, 2.75) is 62.6 Å². The Hall–Kier alpha value is -3.85. The minimum absolute atomic E-state index is 0.00141. The van der Waals surface area contributed by atoms with E-state index in [9.17, 15) is 18.0 Å². The van der Waals surface area contributed by atoms with Crippen molar-refractivity contribution in [1.29, 1.82) is 0 Å². The van der Waals surface area contributed by atoms with Gasteiger partial charge in [-0.25, -0.2) is 8.42 Å². The van der Waals surface area contributed by atoms with Gasteiger partial charge in [0.25, 0.3) is 10.0 Å². The zero-order valence-corrected chi connectivity index (χ0v) is 27.9. The summed E-state index contributed by atoms with van der Waals surface area (Å²) in [6.45, 7) is 1.45. The van der Waals surface area contributed by atoms with Crippen LogP contribution in [0.4, 0.5) is 5.69 Å². The molecule has 5 rings (SSSR count). The molecule has 2 amide bonds. The minimum atomic E-state index is -4.28. The van der Waals surface area contributed by atoms with E-state index in [1.165, 1.54) is 23.1 Å². The van der Waals surface area contributed by atoms with Crippen LogP contribution >= 0.6 is 23.2 Å². The molecule has 1 unspecified atom stereocenters. The molecule has 0 spiro atoms. The summed E-state index contributed by atoms with van der Waals surface area (Å²) in [7, 11) is -4.28. The largest absolute Gasteiger partial charge is 0.352 e. The maximum atomic E-state index is 14.6. The lowest BCUT2D eigenvalue weighted by molar-refractivity contribution is -0.140. The predicted octanol–water partition coefficient (Wildman–Crippen LogP) is 7.20. The van der Waals surface area contributed by atoms with Crippen LogP contribution < -0.4 is 9.62 Å². The van der Waals surface area contributed by atoms with Crippen molar-refractivity contribution in [2.24, 2.45) is 0 Å². The minimum Gasteiger partial charge on any atom is -0.352 e. The van der Waals surface area contributed by atoms with Crippen molar-refractivity contribution in [3.8, 4) is 0 Å². The summed E-state index contributed by atoms with van der Waals surface area (Å²) in [6, 6.07) is 28.9. The van der Waals surface area contributed by atoms with Gasteiger partial charge < -0.3 is 10.2 Å². The first-order chi connectivity index (χ1) is 22.1. The highest BCUT2D eigenvalue weighted by atomic mass is 35.5. The van der Waals surface area contributed by atoms with Crippen LogP contribution in [0.3, 0.4) is 0 Å². The molecular formula is C36H37Cl2N3O4S. The van der Waals surface area contributed by atoms with Crippen LogP contribution in [0.25, 0.3) is 0 Å². The van der Waals surface area contributed by atoms with Crippen molar-refractivity contribution in [2.75, 3.05) is 10.8 Å². The summed E-state index contributed by atoms with van der Waals surface area (Å²) in [4.78, 5) is 30.2. The Labute approximate surface area is 281 Å². The number of nitrogens with one attached hydrogen (secondary N) is 1. The van der Waals surface area contributed by atoms with Crippen LogP contribution in [-0.2, 0) is 32.6 Å². The number of benzene rings is 4. The number of sulfonamides is 1. The maximum Gasteiger partial charge on any atom is 0.264 e. The van der Waals surface area contributed by atoms with Crippen LogP contribution in [0.15, 0.2) is 108 Å². The molecular weight excluding hydrogens is 641 g/mol. The second kappa shape index (κ2) is 15.2. The number of carbonyl (C=O) groups excluding carboxylic acids is 2. The molecule has 1 aliphatic rings. The van der Waals surface area contributed by atoms with E-state index in [1.807, 2.05) is 61.5 Å². The Morgan fingerprint density at radius 3 is 2.15 bits per heavy atom. The third kappa shape index (κ3) is 8.10. The molecule has 0 heterocycles. The van der Waals surface area contributed by atoms with E-state index in [4.69, 9.17) is 23.2 Å². The zero-order chi connectivity index (χ0) is 32.7. The number of nitrogens with zero attached hydrogens (tertiary/aromatic N) is 2. The Bertz CT molecular complexity index is 1760. The molecule has 1 atom stereocenters. The van der Waals surface area contributed by atoms with Crippen molar-refractivity contribution in [1.82, 2.24) is 10.2 Å². The number of carbonyl (C=O) groups is 2. The fraction of sp³-hybridized carbons (Fsp3) is 0.278. The van der Waals surface area contributed by atoms with E-state index in [0.717, 1.165) is 46.7 Å². The van der Waals surface area contributed by atoms with Gasteiger partial charge in [-0.1, -0.05) is 120 Å². The van der Waals surface area contributed by atoms with Crippen LogP contribution in [-0.4, -0.2) is 43.8 Å². The molecule has 46 heavy (non-hydrogen) atoms. The number of hydrogen-bond acceptors (Lipinski definition) is 4. The molecule has 1 aliphatic carbocycles. The standard InChI is InChI=1S/C36H37Cl2N3O4S/c1-26-12-10-15-28(22-26)24-40(33(23-27-13-4-2-5-14-27)36(43)39-29-16-8-9-17-29)34(42)25-41(32-21-11-20-31(37)35(32)38)46(44,45)30-18-6-3-7-19-30/h2-7,10-15,18-22,29,33H,8-9,16-17,23-25H2,1H3,(H,39,43). The highest BCUT2D eigenvalue weighted by Gasteiger charge is 2.36. The van der Waals surface area contributed by atoms with Gasteiger partial charge in [0.1, 0.15) is 12.6 Å². The second-order valence-electron chi connectivity index (χ2n) is 11.6. The van der Waals surface area contributed by atoms with Crippen LogP contribution in [0.5, 0.6) is 0 Å². The lowest BCUT2D eigenvalue weighted by atomic mass is 10.0. The Kier molecular flexibility index (Phi) is 11.0. The van der Waals surface area contributed by atoms with Gasteiger partial charge in [-0.05, 0) is 55.2 Å². The van der Waals surface area contributed by atoms with Gasteiger partial charge in [0.15, 0.2) is 0 Å². The predicted molar refractivity (Wildman–Crippen MR) is 183 cm³/mol. The van der Waals surface area contributed by atoms with E-state index in [2.05, 4.69) is 5.32 Å². The Morgan fingerprint density at radius 2 is 1.48 bits per heavy atom. The van der Waals surface area contributed by atoms with Crippen LogP contribution in [0.2, 0.25) is 10.0 Å². The first-order valence-electron chi connectivity index (χ1n) is 15.3. The highest BCUT2D eigenvalue weighted by Crippen LogP contribution is 2.35. The van der Waals surface area contributed by atoms with E-state index in [-0.39, 0.29) is 45.5 Å². The normalized spacial score (nSPS) is 14.1. The van der Waals surface area contributed by atoms with E-state index in [1.54, 1.807) is 30.3 Å². The van der Waals surface area contributed by atoms with Gasteiger partial charge in [-0.2, -0.15) is 0 Å². The van der Waals surface area contributed by atoms with E-state index < -0.39 is 28.5 Å².